The first kappa shape index (κ1) is 13.6. The fourth-order valence-electron chi connectivity index (χ4n) is 3.13. The predicted octanol–water partition coefficient (Wildman–Crippen LogP) is 4.69. The molecule has 1 aliphatic carbocycles. The maximum atomic E-state index is 13.3. The van der Waals surface area contributed by atoms with Crippen LogP contribution in [0, 0.1) is 12.7 Å². The predicted molar refractivity (Wildman–Crippen MR) is 79.2 cm³/mol. The van der Waals surface area contributed by atoms with Crippen molar-refractivity contribution < 1.29 is 8.81 Å². The molecule has 1 aliphatic rings. The van der Waals surface area contributed by atoms with Crippen LogP contribution in [0.2, 0.25) is 0 Å². The zero-order chi connectivity index (χ0) is 13.9. The summed E-state index contributed by atoms with van der Waals surface area (Å²) in [6, 6.07) is 5.33. The van der Waals surface area contributed by atoms with Gasteiger partial charge in [-0.1, -0.05) is 25.7 Å². The van der Waals surface area contributed by atoms with E-state index >= 15 is 0 Å². The van der Waals surface area contributed by atoms with Gasteiger partial charge < -0.3 is 9.73 Å². The maximum Gasteiger partial charge on any atom is 0.134 e. The Kier molecular flexibility index (Phi) is 4.06. The summed E-state index contributed by atoms with van der Waals surface area (Å²) in [5, 5.41) is 4.50. The van der Waals surface area contributed by atoms with E-state index in [-0.39, 0.29) is 5.82 Å². The number of nitrogens with one attached hydrogen (secondary N) is 1. The van der Waals surface area contributed by atoms with E-state index in [1.807, 2.05) is 6.92 Å². The van der Waals surface area contributed by atoms with Crippen molar-refractivity contribution in [3.05, 3.63) is 35.3 Å². The largest absolute Gasteiger partial charge is 0.459 e. The van der Waals surface area contributed by atoms with Gasteiger partial charge in [0.05, 0.1) is 6.54 Å². The average molecular weight is 275 g/mol. The molecule has 3 rings (SSSR count). The lowest BCUT2D eigenvalue weighted by Gasteiger charge is -2.15. The van der Waals surface area contributed by atoms with E-state index in [4.69, 9.17) is 4.42 Å². The van der Waals surface area contributed by atoms with Crippen LogP contribution >= 0.6 is 0 Å². The second-order valence-corrected chi connectivity index (χ2v) is 5.86. The number of aryl methyl sites for hydroxylation is 1. The molecule has 1 aromatic heterocycles. The highest BCUT2D eigenvalue weighted by atomic mass is 19.1. The Labute approximate surface area is 119 Å². The maximum absolute atomic E-state index is 13.3. The first-order chi connectivity index (χ1) is 9.74. The van der Waals surface area contributed by atoms with Crippen molar-refractivity contribution in [3.8, 4) is 0 Å². The summed E-state index contributed by atoms with van der Waals surface area (Å²) in [4.78, 5) is 0. The van der Waals surface area contributed by atoms with Crippen LogP contribution in [0.3, 0.4) is 0 Å². The Morgan fingerprint density at radius 3 is 2.70 bits per heavy atom. The van der Waals surface area contributed by atoms with Crippen LogP contribution in [0.4, 0.5) is 4.39 Å². The molecule has 0 atom stereocenters. The Morgan fingerprint density at radius 1 is 1.20 bits per heavy atom. The summed E-state index contributed by atoms with van der Waals surface area (Å²) in [5.41, 5.74) is 1.84. The van der Waals surface area contributed by atoms with E-state index < -0.39 is 0 Å². The molecular formula is C17H22FNO. The standard InChI is InChI=1S/C17H22FNO/c1-12-15-10-13(18)8-9-16(15)20-17(12)11-19-14-6-4-2-3-5-7-14/h8-10,14,19H,2-7,11H2,1H3. The fraction of sp³-hybridized carbons (Fsp3) is 0.529. The Bertz CT molecular complexity index is 582. The van der Waals surface area contributed by atoms with Gasteiger partial charge in [-0.25, -0.2) is 4.39 Å². The lowest BCUT2D eigenvalue weighted by molar-refractivity contribution is 0.424. The lowest BCUT2D eigenvalue weighted by atomic mass is 10.1. The molecule has 1 fully saturated rings. The number of halogens is 1. The fourth-order valence-corrected chi connectivity index (χ4v) is 3.13. The molecule has 0 bridgehead atoms. The van der Waals surface area contributed by atoms with Crippen molar-refractivity contribution in [2.45, 2.75) is 58.0 Å². The molecule has 2 nitrogen and oxygen atoms in total. The molecule has 1 N–H and O–H groups in total. The van der Waals surface area contributed by atoms with Crippen LogP contribution in [0.15, 0.2) is 22.6 Å². The number of hydrogen-bond acceptors (Lipinski definition) is 2. The smallest absolute Gasteiger partial charge is 0.134 e. The summed E-state index contributed by atoms with van der Waals surface area (Å²) in [6.07, 6.45) is 7.88. The quantitative estimate of drug-likeness (QED) is 0.822. The van der Waals surface area contributed by atoms with Crippen molar-refractivity contribution in [1.29, 1.82) is 0 Å². The van der Waals surface area contributed by atoms with Crippen LogP contribution in [0.1, 0.15) is 49.8 Å². The van der Waals surface area contributed by atoms with E-state index in [1.54, 1.807) is 12.1 Å². The van der Waals surface area contributed by atoms with Gasteiger partial charge in [0.2, 0.25) is 0 Å². The van der Waals surface area contributed by atoms with Crippen LogP contribution < -0.4 is 5.32 Å². The Morgan fingerprint density at radius 2 is 1.95 bits per heavy atom. The minimum atomic E-state index is -0.204. The van der Waals surface area contributed by atoms with Crippen molar-refractivity contribution in [3.63, 3.8) is 0 Å². The summed E-state index contributed by atoms with van der Waals surface area (Å²) in [6.45, 7) is 2.75. The summed E-state index contributed by atoms with van der Waals surface area (Å²) in [7, 11) is 0. The van der Waals surface area contributed by atoms with Crippen molar-refractivity contribution in [1.82, 2.24) is 5.32 Å². The van der Waals surface area contributed by atoms with Crippen LogP contribution in [-0.2, 0) is 6.54 Å². The van der Waals surface area contributed by atoms with Gasteiger partial charge in [0.1, 0.15) is 17.2 Å². The van der Waals surface area contributed by atoms with Crippen LogP contribution in [-0.4, -0.2) is 6.04 Å². The third kappa shape index (κ3) is 2.88. The van der Waals surface area contributed by atoms with E-state index in [0.29, 0.717) is 6.04 Å². The number of rotatable bonds is 3. The van der Waals surface area contributed by atoms with Crippen LogP contribution in [0.5, 0.6) is 0 Å². The van der Waals surface area contributed by atoms with Crippen molar-refractivity contribution >= 4 is 11.0 Å². The molecule has 2 aromatic rings. The minimum absolute atomic E-state index is 0.204. The van der Waals surface area contributed by atoms with Gasteiger partial charge >= 0.3 is 0 Å². The number of furan rings is 1. The van der Waals surface area contributed by atoms with Gasteiger partial charge in [0.15, 0.2) is 0 Å². The molecule has 20 heavy (non-hydrogen) atoms. The highest BCUT2D eigenvalue weighted by Gasteiger charge is 2.15. The summed E-state index contributed by atoms with van der Waals surface area (Å²) in [5.74, 6) is 0.736. The second kappa shape index (κ2) is 5.96. The second-order valence-electron chi connectivity index (χ2n) is 5.86. The number of benzene rings is 1. The Hall–Kier alpha value is -1.35. The molecule has 0 amide bonds. The molecule has 1 aromatic carbocycles. The molecule has 1 heterocycles. The van der Waals surface area contributed by atoms with E-state index in [9.17, 15) is 4.39 Å². The lowest BCUT2D eigenvalue weighted by Crippen LogP contribution is -2.27. The van der Waals surface area contributed by atoms with Gasteiger partial charge in [0.25, 0.3) is 0 Å². The first-order valence-corrected chi connectivity index (χ1v) is 7.65. The van der Waals surface area contributed by atoms with Gasteiger partial charge in [-0.05, 0) is 43.5 Å². The summed E-state index contributed by atoms with van der Waals surface area (Å²) >= 11 is 0. The summed E-state index contributed by atoms with van der Waals surface area (Å²) < 4.78 is 19.1. The number of fused-ring (bicyclic) bond motifs is 1. The van der Waals surface area contributed by atoms with Gasteiger partial charge in [-0.3, -0.25) is 0 Å². The molecule has 3 heteroatoms. The third-order valence-electron chi connectivity index (χ3n) is 4.40. The molecule has 0 unspecified atom stereocenters. The van der Waals surface area contributed by atoms with Gasteiger partial charge in [-0.15, -0.1) is 0 Å². The first-order valence-electron chi connectivity index (χ1n) is 7.65. The SMILES string of the molecule is Cc1c(CNC2CCCCCC2)oc2ccc(F)cc12. The third-order valence-corrected chi connectivity index (χ3v) is 4.40. The molecule has 0 saturated heterocycles. The van der Waals surface area contributed by atoms with E-state index in [0.717, 1.165) is 28.8 Å². The molecule has 1 saturated carbocycles. The molecular weight excluding hydrogens is 253 g/mol. The average Bonchev–Trinajstić information content (AvgIpc) is 2.65. The molecule has 108 valence electrons. The van der Waals surface area contributed by atoms with Crippen LogP contribution in [0.25, 0.3) is 11.0 Å². The topological polar surface area (TPSA) is 25.2 Å². The molecule has 0 radical (unpaired) electrons. The monoisotopic (exact) mass is 275 g/mol. The molecule has 0 aliphatic heterocycles. The highest BCUT2D eigenvalue weighted by molar-refractivity contribution is 5.82. The van der Waals surface area contributed by atoms with Crippen molar-refractivity contribution in [2.24, 2.45) is 0 Å². The minimum Gasteiger partial charge on any atom is -0.459 e. The van der Waals surface area contributed by atoms with E-state index in [2.05, 4.69) is 5.32 Å². The van der Waals surface area contributed by atoms with Gasteiger partial charge in [0, 0.05) is 11.4 Å². The molecule has 0 spiro atoms. The van der Waals surface area contributed by atoms with Gasteiger partial charge in [-0.2, -0.15) is 0 Å². The number of hydrogen-bond donors (Lipinski definition) is 1. The van der Waals surface area contributed by atoms with Crippen molar-refractivity contribution in [2.75, 3.05) is 0 Å². The zero-order valence-electron chi connectivity index (χ0n) is 12.0. The Balaban J connectivity index is 1.72. The zero-order valence-corrected chi connectivity index (χ0v) is 12.0. The van der Waals surface area contributed by atoms with E-state index in [1.165, 1.54) is 44.6 Å². The normalized spacial score (nSPS) is 17.5. The highest BCUT2D eigenvalue weighted by Crippen LogP contribution is 2.26.